The molecule has 2 N–H and O–H groups in total. The molecule has 0 aliphatic carbocycles. The monoisotopic (exact) mass is 297 g/mol. The van der Waals surface area contributed by atoms with Crippen LogP contribution in [0.5, 0.6) is 0 Å². The Morgan fingerprint density at radius 2 is 2.00 bits per heavy atom. The zero-order chi connectivity index (χ0) is 14.8. The third-order valence-corrected chi connectivity index (χ3v) is 3.78. The Labute approximate surface area is 121 Å². The highest BCUT2D eigenvalue weighted by atomic mass is 35.5. The zero-order valence-electron chi connectivity index (χ0n) is 11.1. The number of carboxylic acid groups (broad SMARTS) is 1. The molecule has 1 aromatic carbocycles. The first-order chi connectivity index (χ1) is 9.44. The predicted octanol–water partition coefficient (Wildman–Crippen LogP) is 2.01. The molecule has 5 nitrogen and oxygen atoms in total. The van der Waals surface area contributed by atoms with Gasteiger partial charge in [0.05, 0.1) is 0 Å². The van der Waals surface area contributed by atoms with Gasteiger partial charge in [0.2, 0.25) is 0 Å². The van der Waals surface area contributed by atoms with Gasteiger partial charge in [-0.1, -0.05) is 11.6 Å². The maximum absolute atomic E-state index is 12.3. The molecule has 6 heteroatoms. The molecule has 0 saturated carbocycles. The first-order valence-corrected chi connectivity index (χ1v) is 6.72. The van der Waals surface area contributed by atoms with Crippen LogP contribution in [0.25, 0.3) is 0 Å². The molecule has 1 amide bonds. The molecule has 0 bridgehead atoms. The number of carbonyl (C=O) groups is 2. The molecule has 20 heavy (non-hydrogen) atoms. The first kappa shape index (κ1) is 14.8. The Morgan fingerprint density at radius 3 is 2.55 bits per heavy atom. The standard InChI is InChI=1S/C14H16ClNO4/c1-9-8-10(15)2-3-11(9)12(17)16-14(13(18)19)4-6-20-7-5-14/h2-3,8H,4-7H2,1H3,(H,16,17)(H,18,19). The van der Waals surface area contributed by atoms with Crippen LogP contribution in [0.3, 0.4) is 0 Å². The Morgan fingerprint density at radius 1 is 1.35 bits per heavy atom. The summed E-state index contributed by atoms with van der Waals surface area (Å²) in [6, 6.07) is 4.89. The molecular formula is C14H16ClNO4. The van der Waals surface area contributed by atoms with Gasteiger partial charge in [-0.15, -0.1) is 0 Å². The van der Waals surface area contributed by atoms with E-state index in [0.717, 1.165) is 0 Å². The number of nitrogens with one attached hydrogen (secondary N) is 1. The molecule has 108 valence electrons. The van der Waals surface area contributed by atoms with Gasteiger partial charge in [0.15, 0.2) is 0 Å². The fourth-order valence-corrected chi connectivity index (χ4v) is 2.51. The summed E-state index contributed by atoms with van der Waals surface area (Å²) in [5, 5.41) is 12.6. The van der Waals surface area contributed by atoms with Crippen molar-refractivity contribution >= 4 is 23.5 Å². The SMILES string of the molecule is Cc1cc(Cl)ccc1C(=O)NC1(C(=O)O)CCOCC1. The number of hydrogen-bond acceptors (Lipinski definition) is 3. The van der Waals surface area contributed by atoms with Crippen molar-refractivity contribution in [2.75, 3.05) is 13.2 Å². The summed E-state index contributed by atoms with van der Waals surface area (Å²) in [5.41, 5.74) is -0.106. The normalized spacial score (nSPS) is 17.5. The van der Waals surface area contributed by atoms with Crippen LogP contribution in [0, 0.1) is 6.92 Å². The van der Waals surface area contributed by atoms with E-state index in [9.17, 15) is 14.7 Å². The molecule has 1 saturated heterocycles. The van der Waals surface area contributed by atoms with Gasteiger partial charge in [-0.05, 0) is 30.7 Å². The number of benzene rings is 1. The maximum Gasteiger partial charge on any atom is 0.329 e. The van der Waals surface area contributed by atoms with Gasteiger partial charge in [0.1, 0.15) is 5.54 Å². The van der Waals surface area contributed by atoms with Crippen LogP contribution >= 0.6 is 11.6 Å². The summed E-state index contributed by atoms with van der Waals surface area (Å²) in [6.45, 7) is 2.41. The topological polar surface area (TPSA) is 75.6 Å². The number of amides is 1. The van der Waals surface area contributed by atoms with Crippen LogP contribution in [-0.2, 0) is 9.53 Å². The predicted molar refractivity (Wildman–Crippen MR) is 74.1 cm³/mol. The van der Waals surface area contributed by atoms with Gasteiger partial charge in [-0.2, -0.15) is 0 Å². The second-order valence-electron chi connectivity index (χ2n) is 4.91. The van der Waals surface area contributed by atoms with E-state index in [1.807, 2.05) is 0 Å². The fraction of sp³-hybridized carbons (Fsp3) is 0.429. The summed E-state index contributed by atoms with van der Waals surface area (Å²) >= 11 is 5.85. The van der Waals surface area contributed by atoms with Crippen molar-refractivity contribution in [3.63, 3.8) is 0 Å². The van der Waals surface area contributed by atoms with Gasteiger partial charge in [-0.3, -0.25) is 4.79 Å². The van der Waals surface area contributed by atoms with Crippen molar-refractivity contribution in [2.24, 2.45) is 0 Å². The third-order valence-electron chi connectivity index (χ3n) is 3.54. The van der Waals surface area contributed by atoms with Crippen molar-refractivity contribution in [2.45, 2.75) is 25.3 Å². The molecule has 0 aromatic heterocycles. The quantitative estimate of drug-likeness (QED) is 0.895. The van der Waals surface area contributed by atoms with E-state index in [1.54, 1.807) is 25.1 Å². The van der Waals surface area contributed by atoms with Gasteiger partial charge in [0, 0.05) is 36.6 Å². The Balaban J connectivity index is 2.22. The average Bonchev–Trinajstić information content (AvgIpc) is 2.39. The highest BCUT2D eigenvalue weighted by molar-refractivity contribution is 6.30. The molecule has 1 aromatic rings. The lowest BCUT2D eigenvalue weighted by atomic mass is 9.89. The van der Waals surface area contributed by atoms with Crippen molar-refractivity contribution < 1.29 is 19.4 Å². The van der Waals surface area contributed by atoms with Gasteiger partial charge >= 0.3 is 5.97 Å². The van der Waals surface area contributed by atoms with Crippen molar-refractivity contribution in [1.82, 2.24) is 5.32 Å². The number of aliphatic carboxylic acids is 1. The lowest BCUT2D eigenvalue weighted by Crippen LogP contribution is -2.57. The van der Waals surface area contributed by atoms with Crippen molar-refractivity contribution in [3.8, 4) is 0 Å². The summed E-state index contributed by atoms with van der Waals surface area (Å²) in [5.74, 6) is -1.43. The molecule has 1 heterocycles. The van der Waals surface area contributed by atoms with Gasteiger partial charge < -0.3 is 15.2 Å². The van der Waals surface area contributed by atoms with E-state index in [2.05, 4.69) is 5.32 Å². The Hall–Kier alpha value is -1.59. The lowest BCUT2D eigenvalue weighted by Gasteiger charge is -2.34. The summed E-state index contributed by atoms with van der Waals surface area (Å²) in [6.07, 6.45) is 0.529. The van der Waals surface area contributed by atoms with Gasteiger partial charge in [0.25, 0.3) is 5.91 Å². The summed E-state index contributed by atoms with van der Waals surface area (Å²) in [4.78, 5) is 23.8. The number of ether oxygens (including phenoxy) is 1. The minimum Gasteiger partial charge on any atom is -0.480 e. The van der Waals surface area contributed by atoms with Crippen LogP contribution in [0.1, 0.15) is 28.8 Å². The van der Waals surface area contributed by atoms with E-state index in [1.165, 1.54) is 0 Å². The molecular weight excluding hydrogens is 282 g/mol. The third kappa shape index (κ3) is 2.94. The molecule has 1 aliphatic heterocycles. The molecule has 0 unspecified atom stereocenters. The van der Waals surface area contributed by atoms with E-state index in [4.69, 9.17) is 16.3 Å². The number of aryl methyl sites for hydroxylation is 1. The Bertz CT molecular complexity index is 538. The molecule has 0 radical (unpaired) electrons. The summed E-state index contributed by atoms with van der Waals surface area (Å²) < 4.78 is 5.17. The van der Waals surface area contributed by atoms with Crippen molar-refractivity contribution in [3.05, 3.63) is 34.3 Å². The molecule has 2 rings (SSSR count). The summed E-state index contributed by atoms with van der Waals surface area (Å²) in [7, 11) is 0. The lowest BCUT2D eigenvalue weighted by molar-refractivity contribution is -0.148. The number of halogens is 1. The van der Waals surface area contributed by atoms with E-state index < -0.39 is 17.4 Å². The Kier molecular flexibility index (Phi) is 4.30. The maximum atomic E-state index is 12.3. The highest BCUT2D eigenvalue weighted by Gasteiger charge is 2.41. The second-order valence-corrected chi connectivity index (χ2v) is 5.35. The molecule has 1 aliphatic rings. The number of rotatable bonds is 3. The minimum atomic E-state index is -1.25. The number of carbonyl (C=O) groups excluding carboxylic acids is 1. The van der Waals surface area contributed by atoms with E-state index in [-0.39, 0.29) is 12.8 Å². The highest BCUT2D eigenvalue weighted by Crippen LogP contribution is 2.23. The van der Waals surface area contributed by atoms with E-state index >= 15 is 0 Å². The van der Waals surface area contributed by atoms with Crippen LogP contribution < -0.4 is 5.32 Å². The molecule has 0 spiro atoms. The largest absolute Gasteiger partial charge is 0.480 e. The second kappa shape index (κ2) is 5.81. The van der Waals surface area contributed by atoms with Crippen LogP contribution in [-0.4, -0.2) is 35.7 Å². The fourth-order valence-electron chi connectivity index (χ4n) is 2.28. The number of hydrogen-bond donors (Lipinski definition) is 2. The average molecular weight is 298 g/mol. The number of carboxylic acids is 1. The van der Waals surface area contributed by atoms with Crippen molar-refractivity contribution in [1.29, 1.82) is 0 Å². The minimum absolute atomic E-state index is 0.265. The van der Waals surface area contributed by atoms with Crippen LogP contribution in [0.15, 0.2) is 18.2 Å². The zero-order valence-corrected chi connectivity index (χ0v) is 11.9. The van der Waals surface area contributed by atoms with Crippen LogP contribution in [0.4, 0.5) is 0 Å². The van der Waals surface area contributed by atoms with Crippen LogP contribution in [0.2, 0.25) is 5.02 Å². The van der Waals surface area contributed by atoms with Gasteiger partial charge in [-0.25, -0.2) is 4.79 Å². The molecule has 0 atom stereocenters. The first-order valence-electron chi connectivity index (χ1n) is 6.34. The van der Waals surface area contributed by atoms with E-state index in [0.29, 0.717) is 29.4 Å². The smallest absolute Gasteiger partial charge is 0.329 e. The molecule has 1 fully saturated rings.